The smallest absolute Gasteiger partial charge is 0.306 e. The van der Waals surface area contributed by atoms with Crippen LogP contribution in [-0.2, 0) is 29.4 Å². The third-order valence-corrected chi connectivity index (χ3v) is 11.7. The SMILES string of the molecule is CCCCCCCCCCCCCCCC(=O)OCC(COC(c1ccccc1)(c1ccccc1)c1ccccc1)OC(=O)CCCCCCCCCCCCCCC. The van der Waals surface area contributed by atoms with Gasteiger partial charge in [-0.05, 0) is 29.5 Å². The molecule has 3 aromatic carbocycles. The molecule has 0 aliphatic heterocycles. The summed E-state index contributed by atoms with van der Waals surface area (Å²) in [5.41, 5.74) is 1.93. The number of unbranched alkanes of at least 4 members (excludes halogenated alkanes) is 24. The summed E-state index contributed by atoms with van der Waals surface area (Å²) in [5, 5.41) is 0. The Kier molecular flexibility index (Phi) is 28.2. The van der Waals surface area contributed by atoms with Crippen LogP contribution in [0.15, 0.2) is 91.0 Å². The fraction of sp³-hybridized carbons (Fsp3) is 0.630. The van der Waals surface area contributed by atoms with Gasteiger partial charge in [-0.15, -0.1) is 0 Å². The largest absolute Gasteiger partial charge is 0.462 e. The van der Waals surface area contributed by atoms with E-state index in [1.54, 1.807) is 0 Å². The van der Waals surface area contributed by atoms with E-state index < -0.39 is 11.7 Å². The zero-order valence-electron chi connectivity index (χ0n) is 37.5. The second kappa shape index (κ2) is 33.3. The number of carbonyl (C=O) groups excluding carboxylic acids is 2. The molecule has 0 saturated carbocycles. The average molecular weight is 811 g/mol. The van der Waals surface area contributed by atoms with Crippen LogP contribution in [0.1, 0.15) is 210 Å². The molecule has 0 fully saturated rings. The van der Waals surface area contributed by atoms with Gasteiger partial charge in [0.25, 0.3) is 0 Å². The van der Waals surface area contributed by atoms with Crippen molar-refractivity contribution in [2.75, 3.05) is 13.2 Å². The molecule has 0 amide bonds. The molecule has 328 valence electrons. The quantitative estimate of drug-likeness (QED) is 0.0330. The number of esters is 2. The normalized spacial score (nSPS) is 12.0. The zero-order valence-corrected chi connectivity index (χ0v) is 37.5. The Labute approximate surface area is 360 Å². The summed E-state index contributed by atoms with van der Waals surface area (Å²) in [6.07, 6.45) is 32.6. The first-order valence-corrected chi connectivity index (χ1v) is 24.3. The summed E-state index contributed by atoms with van der Waals surface area (Å²) in [4.78, 5) is 26.3. The number of benzene rings is 3. The maximum absolute atomic E-state index is 13.3. The second-order valence-corrected chi connectivity index (χ2v) is 16.9. The van der Waals surface area contributed by atoms with Gasteiger partial charge < -0.3 is 14.2 Å². The van der Waals surface area contributed by atoms with Crippen molar-refractivity contribution in [3.63, 3.8) is 0 Å². The van der Waals surface area contributed by atoms with Crippen molar-refractivity contribution in [2.24, 2.45) is 0 Å². The summed E-state index contributed by atoms with van der Waals surface area (Å²) < 4.78 is 18.9. The minimum atomic E-state index is -0.970. The molecule has 1 atom stereocenters. The first kappa shape index (κ1) is 49.9. The minimum absolute atomic E-state index is 0.0317. The van der Waals surface area contributed by atoms with E-state index in [9.17, 15) is 9.59 Å². The molecule has 0 aliphatic carbocycles. The molecule has 0 saturated heterocycles. The summed E-state index contributed by atoms with van der Waals surface area (Å²) in [5.74, 6) is -0.509. The minimum Gasteiger partial charge on any atom is -0.462 e. The van der Waals surface area contributed by atoms with Crippen molar-refractivity contribution in [1.82, 2.24) is 0 Å². The van der Waals surface area contributed by atoms with E-state index in [-0.39, 0.29) is 25.2 Å². The molecular formula is C54H82O5. The first-order valence-electron chi connectivity index (χ1n) is 24.3. The van der Waals surface area contributed by atoms with Gasteiger partial charge in [-0.2, -0.15) is 0 Å². The van der Waals surface area contributed by atoms with Gasteiger partial charge >= 0.3 is 11.9 Å². The van der Waals surface area contributed by atoms with Crippen LogP contribution in [0.3, 0.4) is 0 Å². The molecule has 0 radical (unpaired) electrons. The standard InChI is InChI=1S/C54H82O5/c1-3-5-7-9-11-13-15-17-19-21-23-25-36-44-52(55)57-46-51(59-53(56)45-37-26-24-22-20-18-16-14-12-10-8-6-4-2)47-58-54(48-38-30-27-31-39-48,49-40-32-28-33-41-49)50-42-34-29-35-43-50/h27-35,38-43,51H,3-26,36-37,44-47H2,1-2H3. The molecule has 3 rings (SSSR count). The third-order valence-electron chi connectivity index (χ3n) is 11.7. The van der Waals surface area contributed by atoms with Gasteiger partial charge in [0.2, 0.25) is 0 Å². The molecule has 1 unspecified atom stereocenters. The van der Waals surface area contributed by atoms with Gasteiger partial charge in [0.15, 0.2) is 6.10 Å². The lowest BCUT2D eigenvalue weighted by Crippen LogP contribution is -2.38. The summed E-state index contributed by atoms with van der Waals surface area (Å²) >= 11 is 0. The summed E-state index contributed by atoms with van der Waals surface area (Å²) in [6.45, 7) is 4.57. The van der Waals surface area contributed by atoms with Gasteiger partial charge in [-0.1, -0.05) is 259 Å². The van der Waals surface area contributed by atoms with E-state index in [2.05, 4.69) is 50.2 Å². The van der Waals surface area contributed by atoms with E-state index in [1.807, 2.05) is 54.6 Å². The molecule has 59 heavy (non-hydrogen) atoms. The highest BCUT2D eigenvalue weighted by Crippen LogP contribution is 2.40. The molecule has 0 aliphatic rings. The van der Waals surface area contributed by atoms with Crippen LogP contribution in [0, 0.1) is 0 Å². The lowest BCUT2D eigenvalue weighted by molar-refractivity contribution is -0.165. The Morgan fingerprint density at radius 2 is 0.712 bits per heavy atom. The second-order valence-electron chi connectivity index (χ2n) is 16.9. The van der Waals surface area contributed by atoms with Crippen LogP contribution in [0.2, 0.25) is 0 Å². The molecular weight excluding hydrogens is 729 g/mol. The maximum atomic E-state index is 13.3. The molecule has 0 spiro atoms. The number of ether oxygens (including phenoxy) is 3. The Hall–Kier alpha value is -3.44. The molecule has 0 N–H and O–H groups in total. The molecule has 0 aromatic heterocycles. The predicted octanol–water partition coefficient (Wildman–Crippen LogP) is 15.4. The van der Waals surface area contributed by atoms with Gasteiger partial charge in [0.05, 0.1) is 6.61 Å². The fourth-order valence-corrected chi connectivity index (χ4v) is 8.18. The van der Waals surface area contributed by atoms with Crippen LogP contribution >= 0.6 is 0 Å². The third kappa shape index (κ3) is 21.6. The van der Waals surface area contributed by atoms with E-state index in [0.717, 1.165) is 55.2 Å². The van der Waals surface area contributed by atoms with Gasteiger partial charge in [-0.3, -0.25) is 9.59 Å². The van der Waals surface area contributed by atoms with Crippen LogP contribution in [0.5, 0.6) is 0 Å². The maximum Gasteiger partial charge on any atom is 0.306 e. The Bertz CT molecular complexity index is 1330. The lowest BCUT2D eigenvalue weighted by Gasteiger charge is -2.37. The number of hydrogen-bond donors (Lipinski definition) is 0. The van der Waals surface area contributed by atoms with Crippen molar-refractivity contribution in [2.45, 2.75) is 205 Å². The Balaban J connectivity index is 1.52. The zero-order chi connectivity index (χ0) is 41.9. The molecule has 5 nitrogen and oxygen atoms in total. The van der Waals surface area contributed by atoms with E-state index >= 15 is 0 Å². The summed E-state index contributed by atoms with van der Waals surface area (Å²) in [6, 6.07) is 30.6. The van der Waals surface area contributed by atoms with Gasteiger partial charge in [0, 0.05) is 12.8 Å². The van der Waals surface area contributed by atoms with Crippen LogP contribution < -0.4 is 0 Å². The van der Waals surface area contributed by atoms with Crippen molar-refractivity contribution < 1.29 is 23.8 Å². The van der Waals surface area contributed by atoms with Gasteiger partial charge in [0.1, 0.15) is 12.2 Å². The number of rotatable bonds is 37. The van der Waals surface area contributed by atoms with Crippen molar-refractivity contribution in [1.29, 1.82) is 0 Å². The van der Waals surface area contributed by atoms with Crippen LogP contribution in [0.25, 0.3) is 0 Å². The Morgan fingerprint density at radius 3 is 1.05 bits per heavy atom. The number of hydrogen-bond acceptors (Lipinski definition) is 5. The monoisotopic (exact) mass is 811 g/mol. The topological polar surface area (TPSA) is 61.8 Å². The number of carbonyl (C=O) groups is 2. The van der Waals surface area contributed by atoms with E-state index in [4.69, 9.17) is 14.2 Å². The Morgan fingerprint density at radius 1 is 0.407 bits per heavy atom. The highest BCUT2D eigenvalue weighted by molar-refractivity contribution is 5.70. The molecule has 0 heterocycles. The molecule has 5 heteroatoms. The molecule has 3 aromatic rings. The van der Waals surface area contributed by atoms with Crippen molar-refractivity contribution in [3.8, 4) is 0 Å². The molecule has 0 bridgehead atoms. The average Bonchev–Trinajstić information content (AvgIpc) is 3.27. The summed E-state index contributed by atoms with van der Waals surface area (Å²) in [7, 11) is 0. The van der Waals surface area contributed by atoms with E-state index in [1.165, 1.54) is 128 Å². The van der Waals surface area contributed by atoms with Gasteiger partial charge in [-0.25, -0.2) is 0 Å². The van der Waals surface area contributed by atoms with Crippen LogP contribution in [0.4, 0.5) is 0 Å². The van der Waals surface area contributed by atoms with E-state index in [0.29, 0.717) is 12.8 Å². The first-order chi connectivity index (χ1) is 29.1. The van der Waals surface area contributed by atoms with Crippen molar-refractivity contribution in [3.05, 3.63) is 108 Å². The predicted molar refractivity (Wildman–Crippen MR) is 247 cm³/mol. The highest BCUT2D eigenvalue weighted by Gasteiger charge is 2.38. The lowest BCUT2D eigenvalue weighted by atomic mass is 9.80. The fourth-order valence-electron chi connectivity index (χ4n) is 8.18. The van der Waals surface area contributed by atoms with Crippen LogP contribution in [-0.4, -0.2) is 31.3 Å². The van der Waals surface area contributed by atoms with Crippen molar-refractivity contribution >= 4 is 11.9 Å². The highest BCUT2D eigenvalue weighted by atomic mass is 16.6.